The molecule has 0 spiro atoms. The smallest absolute Gasteiger partial charge is 0.183 e. The Kier molecular flexibility index (Phi) is 5.11. The summed E-state index contributed by atoms with van der Waals surface area (Å²) in [6.45, 7) is 0.345. The Hall–Kier alpha value is -1.23. The molecule has 0 aliphatic rings. The fourth-order valence-corrected chi connectivity index (χ4v) is 1.46. The van der Waals surface area contributed by atoms with Gasteiger partial charge in [0.1, 0.15) is 0 Å². The molecule has 0 saturated heterocycles. The molecule has 4 nitrogen and oxygen atoms in total. The number of methoxy groups -OCH3 is 2. The zero-order chi connectivity index (χ0) is 12.0. The average molecular weight is 223 g/mol. The van der Waals surface area contributed by atoms with Gasteiger partial charge in [-0.15, -0.1) is 0 Å². The topological polar surface area (TPSA) is 47.6 Å². The van der Waals surface area contributed by atoms with Crippen LogP contribution in [0.25, 0.3) is 0 Å². The predicted molar refractivity (Wildman–Crippen MR) is 61.5 cm³/mol. The maximum absolute atomic E-state index is 11.5. The van der Waals surface area contributed by atoms with Crippen LogP contribution in [0, 0.1) is 0 Å². The van der Waals surface area contributed by atoms with Crippen LogP contribution in [-0.4, -0.2) is 33.6 Å². The van der Waals surface area contributed by atoms with E-state index in [0.717, 1.165) is 5.56 Å². The zero-order valence-electron chi connectivity index (χ0n) is 9.82. The summed E-state index contributed by atoms with van der Waals surface area (Å²) in [5.41, 5.74) is 1.58. The third-order valence-electron chi connectivity index (χ3n) is 2.27. The molecule has 1 aromatic carbocycles. The minimum atomic E-state index is -0.381. The molecule has 16 heavy (non-hydrogen) atoms. The number of nitrogens with one attached hydrogen (secondary N) is 1. The first-order valence-electron chi connectivity index (χ1n) is 5.06. The average Bonchev–Trinajstić information content (AvgIpc) is 2.32. The van der Waals surface area contributed by atoms with Crippen molar-refractivity contribution >= 4 is 5.78 Å². The zero-order valence-corrected chi connectivity index (χ0v) is 9.82. The monoisotopic (exact) mass is 223 g/mol. The molecule has 0 saturated carbocycles. The summed E-state index contributed by atoms with van der Waals surface area (Å²) < 4.78 is 10.2. The van der Waals surface area contributed by atoms with Crippen molar-refractivity contribution in [2.45, 2.75) is 6.29 Å². The van der Waals surface area contributed by atoms with E-state index < -0.39 is 0 Å². The van der Waals surface area contributed by atoms with Crippen molar-refractivity contribution in [3.8, 4) is 0 Å². The van der Waals surface area contributed by atoms with E-state index in [4.69, 9.17) is 9.47 Å². The Balaban J connectivity index is 2.78. The number of ketones is 1. The highest BCUT2D eigenvalue weighted by atomic mass is 16.7. The molecule has 0 unspecified atom stereocenters. The maximum atomic E-state index is 11.5. The van der Waals surface area contributed by atoms with E-state index in [1.165, 1.54) is 0 Å². The number of carbonyl (C=O) groups excluding carboxylic acids is 1. The van der Waals surface area contributed by atoms with Gasteiger partial charge in [0, 0.05) is 25.3 Å². The second kappa shape index (κ2) is 6.37. The highest BCUT2D eigenvalue weighted by molar-refractivity contribution is 5.97. The molecule has 0 fully saturated rings. The van der Waals surface area contributed by atoms with Crippen LogP contribution >= 0.6 is 0 Å². The van der Waals surface area contributed by atoms with Gasteiger partial charge >= 0.3 is 0 Å². The summed E-state index contributed by atoms with van der Waals surface area (Å²) in [6, 6.07) is 7.22. The molecule has 4 heteroatoms. The van der Waals surface area contributed by atoms with Crippen molar-refractivity contribution in [2.24, 2.45) is 0 Å². The van der Waals surface area contributed by atoms with Crippen LogP contribution in [0.5, 0.6) is 0 Å². The summed E-state index contributed by atoms with van der Waals surface area (Å²) in [6.07, 6.45) is -0.381. The molecule has 0 bridgehead atoms. The standard InChI is InChI=1S/C12H17NO3/c1-13-8-11(14)9-4-6-10(7-5-9)12(15-2)16-3/h4-7,12-13H,8H2,1-3H3. The van der Waals surface area contributed by atoms with Gasteiger partial charge < -0.3 is 14.8 Å². The van der Waals surface area contributed by atoms with Crippen LogP contribution in [-0.2, 0) is 9.47 Å². The SMILES string of the molecule is CNCC(=O)c1ccc(C(OC)OC)cc1. The third kappa shape index (κ3) is 3.13. The number of Topliss-reactive ketones (excluding diaryl/α,β-unsaturated/α-hetero) is 1. The van der Waals surface area contributed by atoms with Gasteiger partial charge in [-0.2, -0.15) is 0 Å². The molecule has 0 aliphatic carbocycles. The van der Waals surface area contributed by atoms with Crippen molar-refractivity contribution in [1.29, 1.82) is 0 Å². The van der Waals surface area contributed by atoms with Gasteiger partial charge in [-0.05, 0) is 7.05 Å². The lowest BCUT2D eigenvalue weighted by molar-refractivity contribution is -0.106. The van der Waals surface area contributed by atoms with E-state index in [9.17, 15) is 4.79 Å². The van der Waals surface area contributed by atoms with Crippen molar-refractivity contribution in [3.05, 3.63) is 35.4 Å². The Morgan fingerprint density at radius 1 is 1.25 bits per heavy atom. The second-order valence-corrected chi connectivity index (χ2v) is 3.38. The van der Waals surface area contributed by atoms with Crippen molar-refractivity contribution < 1.29 is 14.3 Å². The van der Waals surface area contributed by atoms with Crippen molar-refractivity contribution in [2.75, 3.05) is 27.8 Å². The molecule has 0 heterocycles. The molecular weight excluding hydrogens is 206 g/mol. The van der Waals surface area contributed by atoms with Gasteiger partial charge in [-0.1, -0.05) is 24.3 Å². The number of ether oxygens (including phenoxy) is 2. The van der Waals surface area contributed by atoms with Gasteiger partial charge in [0.15, 0.2) is 12.1 Å². The molecule has 0 aromatic heterocycles. The number of benzene rings is 1. The summed E-state index contributed by atoms with van der Waals surface area (Å²) in [5, 5.41) is 2.83. The first-order chi connectivity index (χ1) is 7.72. The molecular formula is C12H17NO3. The lowest BCUT2D eigenvalue weighted by Gasteiger charge is -2.13. The largest absolute Gasteiger partial charge is 0.352 e. The van der Waals surface area contributed by atoms with Crippen LogP contribution < -0.4 is 5.32 Å². The fraction of sp³-hybridized carbons (Fsp3) is 0.417. The molecule has 88 valence electrons. The lowest BCUT2D eigenvalue weighted by atomic mass is 10.1. The number of rotatable bonds is 6. The van der Waals surface area contributed by atoms with Crippen LogP contribution in [0.15, 0.2) is 24.3 Å². The number of hydrogen-bond acceptors (Lipinski definition) is 4. The Labute approximate surface area is 95.6 Å². The first kappa shape index (κ1) is 12.8. The first-order valence-corrected chi connectivity index (χ1v) is 5.06. The highest BCUT2D eigenvalue weighted by Crippen LogP contribution is 2.17. The minimum absolute atomic E-state index is 0.0698. The van der Waals surface area contributed by atoms with Crippen LogP contribution in [0.1, 0.15) is 22.2 Å². The number of hydrogen-bond donors (Lipinski definition) is 1. The van der Waals surface area contributed by atoms with Crippen molar-refractivity contribution in [3.63, 3.8) is 0 Å². The summed E-state index contributed by atoms with van der Waals surface area (Å²) in [7, 11) is 4.90. The minimum Gasteiger partial charge on any atom is -0.352 e. The third-order valence-corrected chi connectivity index (χ3v) is 2.27. The molecule has 1 rings (SSSR count). The summed E-state index contributed by atoms with van der Waals surface area (Å²) in [4.78, 5) is 11.5. The number of likely N-dealkylation sites (N-methyl/N-ethyl adjacent to an activating group) is 1. The Bertz CT molecular complexity index is 331. The van der Waals surface area contributed by atoms with Gasteiger partial charge in [-0.25, -0.2) is 0 Å². The van der Waals surface area contributed by atoms with E-state index in [0.29, 0.717) is 12.1 Å². The van der Waals surface area contributed by atoms with Crippen LogP contribution in [0.4, 0.5) is 0 Å². The van der Waals surface area contributed by atoms with Gasteiger partial charge in [0.25, 0.3) is 0 Å². The molecule has 0 aliphatic heterocycles. The second-order valence-electron chi connectivity index (χ2n) is 3.38. The van der Waals surface area contributed by atoms with Gasteiger partial charge in [-0.3, -0.25) is 4.79 Å². The number of carbonyl (C=O) groups is 1. The van der Waals surface area contributed by atoms with Crippen molar-refractivity contribution in [1.82, 2.24) is 5.32 Å². The Morgan fingerprint density at radius 2 is 1.81 bits per heavy atom. The van der Waals surface area contributed by atoms with E-state index in [1.54, 1.807) is 33.4 Å². The Morgan fingerprint density at radius 3 is 2.25 bits per heavy atom. The van der Waals surface area contributed by atoms with E-state index in [-0.39, 0.29) is 12.1 Å². The fourth-order valence-electron chi connectivity index (χ4n) is 1.46. The summed E-state index contributed by atoms with van der Waals surface area (Å²) >= 11 is 0. The normalized spacial score (nSPS) is 10.8. The molecule has 1 aromatic rings. The highest BCUT2D eigenvalue weighted by Gasteiger charge is 2.10. The quantitative estimate of drug-likeness (QED) is 0.584. The van der Waals surface area contributed by atoms with E-state index >= 15 is 0 Å². The maximum Gasteiger partial charge on any atom is 0.183 e. The van der Waals surface area contributed by atoms with E-state index in [2.05, 4.69) is 5.32 Å². The molecule has 0 radical (unpaired) electrons. The van der Waals surface area contributed by atoms with E-state index in [1.807, 2.05) is 12.1 Å². The lowest BCUT2D eigenvalue weighted by Crippen LogP contribution is -2.18. The molecule has 0 amide bonds. The van der Waals surface area contributed by atoms with Crippen LogP contribution in [0.3, 0.4) is 0 Å². The van der Waals surface area contributed by atoms with Gasteiger partial charge in [0.05, 0.1) is 6.54 Å². The summed E-state index contributed by atoms with van der Waals surface area (Å²) in [5.74, 6) is 0.0698. The molecule has 1 N–H and O–H groups in total. The predicted octanol–water partition coefficient (Wildman–Crippen LogP) is 1.38. The van der Waals surface area contributed by atoms with Gasteiger partial charge in [0.2, 0.25) is 0 Å². The molecule has 0 atom stereocenters. The van der Waals surface area contributed by atoms with Crippen LogP contribution in [0.2, 0.25) is 0 Å².